The third kappa shape index (κ3) is 3.66. The minimum absolute atomic E-state index is 0.0261. The van der Waals surface area contributed by atoms with E-state index in [9.17, 15) is 9.90 Å². The zero-order chi connectivity index (χ0) is 11.5. The van der Waals surface area contributed by atoms with Gasteiger partial charge in [-0.2, -0.15) is 11.8 Å². The first-order chi connectivity index (χ1) is 6.96. The molecule has 0 aromatic rings. The lowest BCUT2D eigenvalue weighted by molar-refractivity contribution is -0.132. The van der Waals surface area contributed by atoms with Crippen molar-refractivity contribution in [2.24, 2.45) is 5.73 Å². The van der Waals surface area contributed by atoms with Crippen molar-refractivity contribution in [3.8, 4) is 0 Å². The van der Waals surface area contributed by atoms with Crippen molar-refractivity contribution in [2.45, 2.75) is 31.4 Å². The molecule has 2 atom stereocenters. The van der Waals surface area contributed by atoms with Gasteiger partial charge in [-0.25, -0.2) is 0 Å². The van der Waals surface area contributed by atoms with Crippen LogP contribution >= 0.6 is 11.8 Å². The summed E-state index contributed by atoms with van der Waals surface area (Å²) in [6.07, 6.45) is 3.35. The Kier molecular flexibility index (Phi) is 4.43. The number of amides is 1. The molecule has 0 spiro atoms. The number of hydrogen-bond acceptors (Lipinski definition) is 4. The van der Waals surface area contributed by atoms with E-state index in [1.54, 1.807) is 23.6 Å². The number of carbonyl (C=O) groups excluding carboxylic acids is 1. The third-order valence-corrected chi connectivity index (χ3v) is 3.36. The predicted molar refractivity (Wildman–Crippen MR) is 62.8 cm³/mol. The molecule has 1 rings (SSSR count). The summed E-state index contributed by atoms with van der Waals surface area (Å²) in [5.74, 6) is 0.874. The fraction of sp³-hybridized carbons (Fsp3) is 0.900. The van der Waals surface area contributed by atoms with Crippen LogP contribution in [0.3, 0.4) is 0 Å². The van der Waals surface area contributed by atoms with E-state index < -0.39 is 11.6 Å². The second-order valence-corrected chi connectivity index (χ2v) is 5.38. The lowest BCUT2D eigenvalue weighted by Gasteiger charge is -2.22. The van der Waals surface area contributed by atoms with Gasteiger partial charge in [0.15, 0.2) is 0 Å². The molecule has 0 saturated carbocycles. The van der Waals surface area contributed by atoms with E-state index in [2.05, 4.69) is 0 Å². The number of hydrogen-bond donors (Lipinski definition) is 2. The van der Waals surface area contributed by atoms with E-state index in [1.165, 1.54) is 0 Å². The van der Waals surface area contributed by atoms with Gasteiger partial charge in [0.05, 0.1) is 11.6 Å². The largest absolute Gasteiger partial charge is 0.388 e. The lowest BCUT2D eigenvalue weighted by Crippen LogP contribution is -2.44. The SMILES string of the molecule is CSCC[C@@H](N)C(=O)N1CCC(C)(O)C1. The molecule has 0 aromatic carbocycles. The van der Waals surface area contributed by atoms with Crippen molar-refractivity contribution < 1.29 is 9.90 Å². The van der Waals surface area contributed by atoms with Crippen molar-refractivity contribution in [1.29, 1.82) is 0 Å². The van der Waals surface area contributed by atoms with Crippen molar-refractivity contribution in [2.75, 3.05) is 25.1 Å². The molecule has 1 unspecified atom stereocenters. The van der Waals surface area contributed by atoms with Crippen LogP contribution in [0.1, 0.15) is 19.8 Å². The lowest BCUT2D eigenvalue weighted by atomic mass is 10.1. The molecule has 15 heavy (non-hydrogen) atoms. The van der Waals surface area contributed by atoms with Crippen LogP contribution in [0, 0.1) is 0 Å². The van der Waals surface area contributed by atoms with E-state index in [0.717, 1.165) is 5.75 Å². The molecule has 1 heterocycles. The van der Waals surface area contributed by atoms with Crippen LogP contribution in [0.2, 0.25) is 0 Å². The zero-order valence-corrected chi connectivity index (χ0v) is 10.2. The Morgan fingerprint density at radius 3 is 2.87 bits per heavy atom. The third-order valence-electron chi connectivity index (χ3n) is 2.71. The van der Waals surface area contributed by atoms with Gasteiger partial charge in [0.1, 0.15) is 0 Å². The topological polar surface area (TPSA) is 66.6 Å². The highest BCUT2D eigenvalue weighted by Gasteiger charge is 2.35. The quantitative estimate of drug-likeness (QED) is 0.719. The summed E-state index contributed by atoms with van der Waals surface area (Å²) in [5.41, 5.74) is 5.06. The molecule has 1 fully saturated rings. The van der Waals surface area contributed by atoms with Crippen LogP contribution in [0.4, 0.5) is 0 Å². The second kappa shape index (κ2) is 5.18. The number of rotatable bonds is 4. The maximum absolute atomic E-state index is 11.8. The van der Waals surface area contributed by atoms with Crippen LogP contribution in [0.5, 0.6) is 0 Å². The van der Waals surface area contributed by atoms with Crippen molar-refractivity contribution in [3.63, 3.8) is 0 Å². The van der Waals surface area contributed by atoms with Gasteiger partial charge < -0.3 is 15.7 Å². The fourth-order valence-corrected chi connectivity index (χ4v) is 2.23. The van der Waals surface area contributed by atoms with Crippen LogP contribution in [0.25, 0.3) is 0 Å². The van der Waals surface area contributed by atoms with Crippen LogP contribution in [0.15, 0.2) is 0 Å². The van der Waals surface area contributed by atoms with Crippen LogP contribution < -0.4 is 5.73 Å². The van der Waals surface area contributed by atoms with Crippen molar-refractivity contribution in [3.05, 3.63) is 0 Å². The summed E-state index contributed by atoms with van der Waals surface area (Å²) in [6, 6.07) is -0.411. The molecule has 0 bridgehead atoms. The Bertz CT molecular complexity index is 233. The number of aliphatic hydroxyl groups is 1. The van der Waals surface area contributed by atoms with Crippen LogP contribution in [-0.4, -0.2) is 52.7 Å². The maximum atomic E-state index is 11.8. The summed E-state index contributed by atoms with van der Waals surface area (Å²) in [6.45, 7) is 2.80. The molecule has 1 amide bonds. The molecular formula is C10H20N2O2S. The molecule has 5 heteroatoms. The van der Waals surface area contributed by atoms with Gasteiger partial charge in [-0.3, -0.25) is 4.79 Å². The van der Waals surface area contributed by atoms with Crippen LogP contribution in [-0.2, 0) is 4.79 Å². The predicted octanol–water partition coefficient (Wildman–Crippen LogP) is 0.0501. The summed E-state index contributed by atoms with van der Waals surface area (Å²) in [4.78, 5) is 13.5. The number of nitrogens with two attached hydrogens (primary N) is 1. The summed E-state index contributed by atoms with van der Waals surface area (Å²) < 4.78 is 0. The Morgan fingerprint density at radius 2 is 2.40 bits per heavy atom. The molecule has 0 aromatic heterocycles. The van der Waals surface area contributed by atoms with E-state index in [0.29, 0.717) is 25.9 Å². The highest BCUT2D eigenvalue weighted by atomic mass is 32.2. The van der Waals surface area contributed by atoms with Gasteiger partial charge in [0, 0.05) is 13.1 Å². The number of carbonyl (C=O) groups is 1. The molecule has 0 radical (unpaired) electrons. The molecule has 4 nitrogen and oxygen atoms in total. The highest BCUT2D eigenvalue weighted by molar-refractivity contribution is 7.98. The molecule has 0 aliphatic carbocycles. The molecular weight excluding hydrogens is 212 g/mol. The Labute approximate surface area is 95.2 Å². The first-order valence-corrected chi connectivity index (χ1v) is 6.61. The summed E-state index contributed by atoms with van der Waals surface area (Å²) in [5, 5.41) is 9.73. The minimum atomic E-state index is -0.727. The monoisotopic (exact) mass is 232 g/mol. The fourth-order valence-electron chi connectivity index (χ4n) is 1.74. The van der Waals surface area contributed by atoms with E-state index in [4.69, 9.17) is 5.73 Å². The number of thioether (sulfide) groups is 1. The van der Waals surface area contributed by atoms with Gasteiger partial charge >= 0.3 is 0 Å². The van der Waals surface area contributed by atoms with E-state index in [-0.39, 0.29) is 5.91 Å². The second-order valence-electron chi connectivity index (χ2n) is 4.39. The number of nitrogens with zero attached hydrogens (tertiary/aromatic N) is 1. The normalized spacial score (nSPS) is 28.1. The first kappa shape index (κ1) is 12.8. The molecule has 1 aliphatic heterocycles. The average molecular weight is 232 g/mol. The standard InChI is InChI=1S/C10H20N2O2S/c1-10(14)4-5-12(7-10)9(13)8(11)3-6-15-2/h8,14H,3-7,11H2,1-2H3/t8-,10?/m1/s1. The Hall–Kier alpha value is -0.260. The molecule has 1 saturated heterocycles. The number of β-amino-alcohol motifs (C(OH)–C–C–N with tert-alkyl or cyclic N) is 1. The number of likely N-dealkylation sites (tertiary alicyclic amines) is 1. The molecule has 88 valence electrons. The Balaban J connectivity index is 2.41. The first-order valence-electron chi connectivity index (χ1n) is 5.22. The van der Waals surface area contributed by atoms with Gasteiger partial charge in [-0.1, -0.05) is 0 Å². The highest BCUT2D eigenvalue weighted by Crippen LogP contribution is 2.20. The van der Waals surface area contributed by atoms with Gasteiger partial charge in [-0.15, -0.1) is 0 Å². The van der Waals surface area contributed by atoms with E-state index >= 15 is 0 Å². The van der Waals surface area contributed by atoms with Gasteiger partial charge in [0.25, 0.3) is 0 Å². The zero-order valence-electron chi connectivity index (χ0n) is 9.40. The summed E-state index contributed by atoms with van der Waals surface area (Å²) >= 11 is 1.69. The molecule has 3 N–H and O–H groups in total. The van der Waals surface area contributed by atoms with Gasteiger partial charge in [0.2, 0.25) is 5.91 Å². The van der Waals surface area contributed by atoms with E-state index in [1.807, 2.05) is 6.26 Å². The maximum Gasteiger partial charge on any atom is 0.239 e. The summed E-state index contributed by atoms with van der Waals surface area (Å²) in [7, 11) is 0. The van der Waals surface area contributed by atoms with Crippen molar-refractivity contribution in [1.82, 2.24) is 4.90 Å². The molecule has 1 aliphatic rings. The smallest absolute Gasteiger partial charge is 0.239 e. The Morgan fingerprint density at radius 1 is 1.73 bits per heavy atom. The van der Waals surface area contributed by atoms with Crippen molar-refractivity contribution >= 4 is 17.7 Å². The minimum Gasteiger partial charge on any atom is -0.388 e. The van der Waals surface area contributed by atoms with Gasteiger partial charge in [-0.05, 0) is 31.8 Å². The average Bonchev–Trinajstić information content (AvgIpc) is 2.54.